The molecule has 0 saturated heterocycles. The van der Waals surface area contributed by atoms with Gasteiger partial charge in [0.25, 0.3) is 0 Å². The van der Waals surface area contributed by atoms with Crippen molar-refractivity contribution in [2.75, 3.05) is 11.6 Å². The summed E-state index contributed by atoms with van der Waals surface area (Å²) in [6.45, 7) is 3.82. The number of benzene rings is 4. The van der Waals surface area contributed by atoms with Crippen molar-refractivity contribution >= 4 is 43.4 Å². The van der Waals surface area contributed by atoms with Crippen LogP contribution in [0.1, 0.15) is 25.0 Å². The van der Waals surface area contributed by atoms with Crippen molar-refractivity contribution in [1.29, 1.82) is 5.26 Å². The van der Waals surface area contributed by atoms with E-state index in [2.05, 4.69) is 50.8 Å². The summed E-state index contributed by atoms with van der Waals surface area (Å²) < 4.78 is 23.2. The van der Waals surface area contributed by atoms with E-state index in [1.165, 1.54) is 6.26 Å². The molecule has 42 heavy (non-hydrogen) atoms. The highest BCUT2D eigenvalue weighted by Gasteiger charge is 2.20. The number of nitrogens with zero attached hydrogens (tertiary/aromatic N) is 3. The summed E-state index contributed by atoms with van der Waals surface area (Å²) in [5.74, 6) is 0.0237. The number of sulfone groups is 1. The maximum Gasteiger partial charge on any atom is 0.134 e. The summed E-state index contributed by atoms with van der Waals surface area (Å²) in [6.07, 6.45) is 3.05. The molecule has 6 rings (SSSR count). The predicted octanol–water partition coefficient (Wildman–Crippen LogP) is 7.75. The summed E-state index contributed by atoms with van der Waals surface area (Å²) in [5.41, 5.74) is 8.56. The molecule has 0 bridgehead atoms. The fraction of sp³-hybridized carbons (Fsp3) is 0.147. The molecule has 6 aromatic rings. The van der Waals surface area contributed by atoms with Crippen LogP contribution in [0.25, 0.3) is 44.2 Å². The second-order valence-electron chi connectivity index (χ2n) is 11.1. The van der Waals surface area contributed by atoms with E-state index in [-0.39, 0.29) is 5.75 Å². The number of pyridine rings is 1. The van der Waals surface area contributed by atoms with Crippen molar-refractivity contribution in [3.05, 3.63) is 108 Å². The van der Waals surface area contributed by atoms with Gasteiger partial charge in [0.15, 0.2) is 0 Å². The van der Waals surface area contributed by atoms with Crippen molar-refractivity contribution in [2.24, 2.45) is 0 Å². The smallest absolute Gasteiger partial charge is 0.134 e. The second kappa shape index (κ2) is 10.5. The molecular formula is C34H29N5O2S. The van der Waals surface area contributed by atoms with Gasteiger partial charge in [-0.3, -0.25) is 10.1 Å². The Balaban J connectivity index is 1.34. The second-order valence-corrected chi connectivity index (χ2v) is 13.3. The molecule has 0 amide bonds. The van der Waals surface area contributed by atoms with E-state index >= 15 is 0 Å². The Morgan fingerprint density at radius 2 is 1.64 bits per heavy atom. The average molecular weight is 572 g/mol. The number of rotatable bonds is 7. The van der Waals surface area contributed by atoms with E-state index in [9.17, 15) is 14.0 Å². The Hall–Kier alpha value is -4.84. The van der Waals surface area contributed by atoms with Gasteiger partial charge in [0.2, 0.25) is 0 Å². The number of aromatic nitrogens is 3. The van der Waals surface area contributed by atoms with Crippen LogP contribution in [-0.2, 0) is 25.6 Å². The predicted molar refractivity (Wildman–Crippen MR) is 169 cm³/mol. The minimum absolute atomic E-state index is 0.0237. The van der Waals surface area contributed by atoms with Crippen LogP contribution in [0.5, 0.6) is 0 Å². The third kappa shape index (κ3) is 5.53. The minimum atomic E-state index is -3.08. The van der Waals surface area contributed by atoms with Crippen molar-refractivity contribution < 1.29 is 8.76 Å². The summed E-state index contributed by atoms with van der Waals surface area (Å²) in [5, 5.41) is 22.7. The number of fused-ring (bicyclic) bond motifs is 3. The van der Waals surface area contributed by atoms with Gasteiger partial charge in [0, 0.05) is 43.5 Å². The molecular weight excluding hydrogens is 542 g/mol. The molecule has 7 nitrogen and oxygen atoms in total. The van der Waals surface area contributed by atoms with Crippen LogP contribution in [0.3, 0.4) is 0 Å². The average Bonchev–Trinajstić information content (AvgIpc) is 3.42. The van der Waals surface area contributed by atoms with Crippen LogP contribution in [0.4, 0.5) is 11.4 Å². The lowest BCUT2D eigenvalue weighted by atomic mass is 9.86. The minimum Gasteiger partial charge on any atom is -0.615 e. The number of hydrogen-bond acceptors (Lipinski definition) is 6. The van der Waals surface area contributed by atoms with E-state index in [1.54, 1.807) is 0 Å². The topological polar surface area (TPSA) is 118 Å². The molecule has 1 unspecified atom stereocenters. The third-order valence-electron chi connectivity index (χ3n) is 7.42. The summed E-state index contributed by atoms with van der Waals surface area (Å²) in [4.78, 5) is 4.65. The van der Waals surface area contributed by atoms with Gasteiger partial charge >= 0.3 is 0 Å². The Bertz CT molecular complexity index is 2020. The monoisotopic (exact) mass is 571 g/mol. The van der Waals surface area contributed by atoms with Gasteiger partial charge < -0.3 is 9.87 Å². The van der Waals surface area contributed by atoms with E-state index in [1.807, 2.05) is 86.8 Å². The fourth-order valence-electron chi connectivity index (χ4n) is 5.13. The number of nitriles is 1. The van der Waals surface area contributed by atoms with Gasteiger partial charge in [-0.25, -0.2) is 0 Å². The lowest BCUT2D eigenvalue weighted by Gasteiger charge is -2.15. The highest BCUT2D eigenvalue weighted by molar-refractivity contribution is 7.96. The zero-order valence-corrected chi connectivity index (χ0v) is 24.3. The first-order valence-electron chi connectivity index (χ1n) is 13.5. The molecule has 4 aromatic carbocycles. The first-order chi connectivity index (χ1) is 20.1. The van der Waals surface area contributed by atoms with Crippen LogP contribution in [0, 0.1) is 11.3 Å². The van der Waals surface area contributed by atoms with E-state index < -0.39 is 15.6 Å². The van der Waals surface area contributed by atoms with Crippen LogP contribution in [0.15, 0.2) is 97.2 Å². The summed E-state index contributed by atoms with van der Waals surface area (Å²) in [6, 6.07) is 32.2. The molecule has 0 aliphatic heterocycles. The Morgan fingerprint density at radius 3 is 2.36 bits per heavy atom. The maximum atomic E-state index is 11.6. The molecule has 208 valence electrons. The molecule has 0 aliphatic carbocycles. The molecule has 2 N–H and O–H groups in total. The van der Waals surface area contributed by atoms with Crippen LogP contribution in [0.2, 0.25) is 0 Å². The van der Waals surface area contributed by atoms with E-state index in [4.69, 9.17) is 0 Å². The Labute approximate surface area is 245 Å². The lowest BCUT2D eigenvalue weighted by molar-refractivity contribution is 0.483. The third-order valence-corrected chi connectivity index (χ3v) is 8.28. The molecule has 1 atom stereocenters. The maximum absolute atomic E-state index is 11.6. The highest BCUT2D eigenvalue weighted by Crippen LogP contribution is 2.35. The van der Waals surface area contributed by atoms with Crippen LogP contribution in [-0.4, -0.2) is 26.0 Å². The van der Waals surface area contributed by atoms with Crippen molar-refractivity contribution in [1.82, 2.24) is 15.2 Å². The van der Waals surface area contributed by atoms with Gasteiger partial charge in [-0.15, -0.1) is 4.21 Å². The molecule has 0 spiro atoms. The van der Waals surface area contributed by atoms with Gasteiger partial charge in [0.1, 0.15) is 11.4 Å². The quantitative estimate of drug-likeness (QED) is 0.189. The number of aromatic amines is 1. The van der Waals surface area contributed by atoms with Crippen LogP contribution < -0.4 is 5.32 Å². The molecule has 0 fully saturated rings. The molecule has 2 heterocycles. The highest BCUT2D eigenvalue weighted by atomic mass is 32.3. The molecule has 8 heteroatoms. The van der Waals surface area contributed by atoms with Gasteiger partial charge in [-0.2, -0.15) is 10.4 Å². The first kappa shape index (κ1) is 27.3. The number of hydrogen-bond donors (Lipinski definition) is 2. The summed E-state index contributed by atoms with van der Waals surface area (Å²) >= 11 is 0. The van der Waals surface area contributed by atoms with Crippen molar-refractivity contribution in [3.63, 3.8) is 0 Å². The summed E-state index contributed by atoms with van der Waals surface area (Å²) in [7, 11) is -3.08. The Kier molecular flexibility index (Phi) is 6.85. The number of H-pyrrole nitrogens is 1. The standard InChI is InChI=1S/C34H29N5O2S/c1-34(2,21-35)26-12-9-23(10-13-26)33-32-29-18-25(11-16-30(29)36-19-31(32)38-39-33)24-5-4-6-28(17-24)37-27-14-7-22(8-15-27)20-42(3,40)41/h4-19,37H,20H2,1-3H3,(H-,38,39,40,41). The SMILES string of the molecule is CC(C)(C#N)c1ccc(-c2n[nH]c3cnc4ccc(-c5cccc(Nc6ccc(C[S+](C)(=O)[O-])cc6)c5)cc4c23)cc1. The molecule has 0 aliphatic rings. The van der Waals surface area contributed by atoms with Gasteiger partial charge in [-0.05, 0) is 66.9 Å². The molecule has 0 radical (unpaired) electrons. The molecule has 2 aromatic heterocycles. The van der Waals surface area contributed by atoms with Crippen molar-refractivity contribution in [2.45, 2.75) is 25.0 Å². The Morgan fingerprint density at radius 1 is 0.929 bits per heavy atom. The normalized spacial score (nSPS) is 13.1. The van der Waals surface area contributed by atoms with E-state index in [0.717, 1.165) is 66.7 Å². The zero-order valence-electron chi connectivity index (χ0n) is 23.5. The van der Waals surface area contributed by atoms with Gasteiger partial charge in [-0.1, -0.05) is 54.6 Å². The molecule has 0 saturated carbocycles. The zero-order chi connectivity index (χ0) is 29.5. The lowest BCUT2D eigenvalue weighted by Crippen LogP contribution is -2.13. The number of nitrogens with one attached hydrogen (secondary N) is 2. The number of anilines is 2. The van der Waals surface area contributed by atoms with Crippen molar-refractivity contribution in [3.8, 4) is 28.5 Å². The van der Waals surface area contributed by atoms with E-state index in [0.29, 0.717) is 0 Å². The fourth-order valence-corrected chi connectivity index (χ4v) is 5.93. The largest absolute Gasteiger partial charge is 0.615 e. The van der Waals surface area contributed by atoms with Crippen LogP contribution >= 0.6 is 0 Å². The first-order valence-corrected chi connectivity index (χ1v) is 15.6. The van der Waals surface area contributed by atoms with Gasteiger partial charge in [0.05, 0.1) is 35.0 Å².